The van der Waals surface area contributed by atoms with Crippen LogP contribution in [0.4, 0.5) is 19.0 Å². The molecule has 2 rings (SSSR count). The molecule has 5 nitrogen and oxygen atoms in total. The van der Waals surface area contributed by atoms with Crippen LogP contribution in [0.25, 0.3) is 0 Å². The van der Waals surface area contributed by atoms with Crippen LogP contribution in [0.15, 0.2) is 12.1 Å². The molecule has 0 radical (unpaired) electrons. The standard InChI is InChI=1S/C12H16F3N3O2/c1-8-4-18(5-9(8)6-19)10-2-3-11(17-16-10)20-7-12(13,14)15/h2-3,8-9,19H,4-7H2,1H3/t8-,9+/m1/s1. The van der Waals surface area contributed by atoms with E-state index in [0.29, 0.717) is 18.3 Å². The van der Waals surface area contributed by atoms with E-state index in [2.05, 4.69) is 14.9 Å². The van der Waals surface area contributed by atoms with Gasteiger partial charge in [0.05, 0.1) is 0 Å². The summed E-state index contributed by atoms with van der Waals surface area (Å²) in [6.45, 7) is 2.17. The molecule has 0 unspecified atom stereocenters. The van der Waals surface area contributed by atoms with Crippen molar-refractivity contribution < 1.29 is 23.0 Å². The van der Waals surface area contributed by atoms with Gasteiger partial charge in [-0.25, -0.2) is 0 Å². The Bertz CT molecular complexity index is 439. The van der Waals surface area contributed by atoms with E-state index in [1.165, 1.54) is 6.07 Å². The Labute approximate surface area is 114 Å². The highest BCUT2D eigenvalue weighted by Crippen LogP contribution is 2.26. The van der Waals surface area contributed by atoms with Crippen LogP contribution in [0, 0.1) is 11.8 Å². The van der Waals surface area contributed by atoms with E-state index >= 15 is 0 Å². The van der Waals surface area contributed by atoms with Crippen LogP contribution in [0.3, 0.4) is 0 Å². The highest BCUT2D eigenvalue weighted by Gasteiger charge is 2.30. The van der Waals surface area contributed by atoms with Crippen LogP contribution in [0.2, 0.25) is 0 Å². The molecule has 1 aliphatic rings. The highest BCUT2D eigenvalue weighted by molar-refractivity contribution is 5.39. The normalized spacial score (nSPS) is 23.1. The fourth-order valence-electron chi connectivity index (χ4n) is 2.17. The number of rotatable bonds is 4. The lowest BCUT2D eigenvalue weighted by molar-refractivity contribution is -0.154. The quantitative estimate of drug-likeness (QED) is 0.910. The molecule has 1 fully saturated rings. The number of anilines is 1. The summed E-state index contributed by atoms with van der Waals surface area (Å²) in [4.78, 5) is 1.95. The Balaban J connectivity index is 1.95. The Morgan fingerprint density at radius 1 is 1.35 bits per heavy atom. The van der Waals surface area contributed by atoms with Gasteiger partial charge in [-0.1, -0.05) is 6.92 Å². The zero-order chi connectivity index (χ0) is 14.8. The molecule has 2 atom stereocenters. The molecule has 8 heteroatoms. The lowest BCUT2D eigenvalue weighted by atomic mass is 10.00. The van der Waals surface area contributed by atoms with E-state index in [1.54, 1.807) is 6.07 Å². The van der Waals surface area contributed by atoms with E-state index in [1.807, 2.05) is 11.8 Å². The lowest BCUT2D eigenvalue weighted by Crippen LogP contribution is -2.22. The van der Waals surface area contributed by atoms with E-state index in [9.17, 15) is 18.3 Å². The predicted octanol–water partition coefficient (Wildman–Crippen LogP) is 1.48. The molecule has 0 aromatic carbocycles. The van der Waals surface area contributed by atoms with Crippen molar-refractivity contribution in [2.75, 3.05) is 31.2 Å². The van der Waals surface area contributed by atoms with E-state index in [4.69, 9.17) is 0 Å². The second-order valence-corrected chi connectivity index (χ2v) is 4.96. The molecule has 0 aliphatic carbocycles. The minimum atomic E-state index is -4.39. The van der Waals surface area contributed by atoms with Gasteiger partial charge in [0, 0.05) is 31.7 Å². The first-order valence-electron chi connectivity index (χ1n) is 6.28. The Kier molecular flexibility index (Phi) is 4.32. The number of aliphatic hydroxyl groups is 1. The van der Waals surface area contributed by atoms with Crippen molar-refractivity contribution in [2.45, 2.75) is 13.1 Å². The van der Waals surface area contributed by atoms with Gasteiger partial charge in [-0.3, -0.25) is 0 Å². The maximum Gasteiger partial charge on any atom is 0.422 e. The predicted molar refractivity (Wildman–Crippen MR) is 65.5 cm³/mol. The van der Waals surface area contributed by atoms with Gasteiger partial charge in [-0.05, 0) is 12.0 Å². The summed E-state index contributed by atoms with van der Waals surface area (Å²) in [5.74, 6) is 0.935. The Hall–Kier alpha value is -1.57. The number of hydrogen-bond donors (Lipinski definition) is 1. The maximum atomic E-state index is 12.0. The summed E-state index contributed by atoms with van der Waals surface area (Å²) >= 11 is 0. The third-order valence-corrected chi connectivity index (χ3v) is 3.34. The largest absolute Gasteiger partial charge is 0.467 e. The number of aliphatic hydroxyl groups excluding tert-OH is 1. The monoisotopic (exact) mass is 291 g/mol. The highest BCUT2D eigenvalue weighted by atomic mass is 19.4. The third-order valence-electron chi connectivity index (χ3n) is 3.34. The molecule has 0 bridgehead atoms. The Morgan fingerprint density at radius 3 is 2.60 bits per heavy atom. The van der Waals surface area contributed by atoms with Crippen molar-refractivity contribution in [2.24, 2.45) is 11.8 Å². The number of alkyl halides is 3. The average Bonchev–Trinajstić information content (AvgIpc) is 2.77. The van der Waals surface area contributed by atoms with Crippen LogP contribution >= 0.6 is 0 Å². The molecule has 1 aromatic heterocycles. The molecular formula is C12H16F3N3O2. The number of hydrogen-bond acceptors (Lipinski definition) is 5. The van der Waals surface area contributed by atoms with Gasteiger partial charge in [0.2, 0.25) is 5.88 Å². The second-order valence-electron chi connectivity index (χ2n) is 4.96. The summed E-state index contributed by atoms with van der Waals surface area (Å²) in [5.41, 5.74) is 0. The van der Waals surface area contributed by atoms with Crippen molar-refractivity contribution in [1.29, 1.82) is 0 Å². The first kappa shape index (κ1) is 14.8. The van der Waals surface area contributed by atoms with Crippen LogP contribution in [0.1, 0.15) is 6.92 Å². The van der Waals surface area contributed by atoms with Crippen molar-refractivity contribution in [3.63, 3.8) is 0 Å². The fraction of sp³-hybridized carbons (Fsp3) is 0.667. The molecule has 0 amide bonds. The third kappa shape index (κ3) is 3.72. The Morgan fingerprint density at radius 2 is 2.10 bits per heavy atom. The van der Waals surface area contributed by atoms with Crippen molar-refractivity contribution >= 4 is 5.82 Å². The number of ether oxygens (including phenoxy) is 1. The second kappa shape index (κ2) is 5.82. The van der Waals surface area contributed by atoms with Gasteiger partial charge in [-0.2, -0.15) is 13.2 Å². The molecular weight excluding hydrogens is 275 g/mol. The summed E-state index contributed by atoms with van der Waals surface area (Å²) < 4.78 is 40.5. The molecule has 1 N–H and O–H groups in total. The van der Waals surface area contributed by atoms with Gasteiger partial charge in [0.1, 0.15) is 0 Å². The average molecular weight is 291 g/mol. The first-order valence-corrected chi connectivity index (χ1v) is 6.28. The molecule has 0 spiro atoms. The number of aromatic nitrogens is 2. The van der Waals surface area contributed by atoms with Crippen molar-refractivity contribution in [3.8, 4) is 5.88 Å². The molecule has 2 heterocycles. The van der Waals surface area contributed by atoms with Crippen LogP contribution < -0.4 is 9.64 Å². The molecule has 1 saturated heterocycles. The minimum Gasteiger partial charge on any atom is -0.467 e. The van der Waals surface area contributed by atoms with Gasteiger partial charge >= 0.3 is 6.18 Å². The lowest BCUT2D eigenvalue weighted by Gasteiger charge is -2.16. The summed E-state index contributed by atoms with van der Waals surface area (Å²) in [6.07, 6.45) is -4.39. The fourth-order valence-corrected chi connectivity index (χ4v) is 2.17. The van der Waals surface area contributed by atoms with Crippen LogP contribution in [0.5, 0.6) is 5.88 Å². The summed E-state index contributed by atoms with van der Waals surface area (Å²) in [6, 6.07) is 2.94. The van der Waals surface area contributed by atoms with E-state index in [-0.39, 0.29) is 18.4 Å². The zero-order valence-corrected chi connectivity index (χ0v) is 11.0. The van der Waals surface area contributed by atoms with Gasteiger partial charge in [0.15, 0.2) is 12.4 Å². The van der Waals surface area contributed by atoms with Gasteiger partial charge in [0.25, 0.3) is 0 Å². The first-order chi connectivity index (χ1) is 9.39. The van der Waals surface area contributed by atoms with Crippen molar-refractivity contribution in [1.82, 2.24) is 10.2 Å². The van der Waals surface area contributed by atoms with Crippen molar-refractivity contribution in [3.05, 3.63) is 12.1 Å². The molecule has 0 saturated carbocycles. The smallest absolute Gasteiger partial charge is 0.422 e. The van der Waals surface area contributed by atoms with Crippen LogP contribution in [-0.2, 0) is 0 Å². The van der Waals surface area contributed by atoms with E-state index < -0.39 is 12.8 Å². The molecule has 112 valence electrons. The maximum absolute atomic E-state index is 12.0. The topological polar surface area (TPSA) is 58.5 Å². The molecule has 1 aromatic rings. The molecule has 20 heavy (non-hydrogen) atoms. The SMILES string of the molecule is C[C@@H]1CN(c2ccc(OCC(F)(F)F)nn2)C[C@H]1CO. The zero-order valence-electron chi connectivity index (χ0n) is 11.0. The van der Waals surface area contributed by atoms with Gasteiger partial charge < -0.3 is 14.7 Å². The minimum absolute atomic E-state index is 0.109. The van der Waals surface area contributed by atoms with Crippen LogP contribution in [-0.4, -0.2) is 47.8 Å². The summed E-state index contributed by atoms with van der Waals surface area (Å²) in [5, 5.41) is 16.7. The summed E-state index contributed by atoms with van der Waals surface area (Å²) in [7, 11) is 0. The van der Waals surface area contributed by atoms with Gasteiger partial charge in [-0.15, -0.1) is 10.2 Å². The number of nitrogens with zero attached hydrogens (tertiary/aromatic N) is 3. The molecule has 1 aliphatic heterocycles. The van der Waals surface area contributed by atoms with E-state index in [0.717, 1.165) is 6.54 Å². The number of halogens is 3.